The van der Waals surface area contributed by atoms with Crippen molar-refractivity contribution in [2.24, 2.45) is 0 Å². The molecule has 0 aliphatic carbocycles. The molecule has 0 aliphatic heterocycles. The summed E-state index contributed by atoms with van der Waals surface area (Å²) in [4.78, 5) is 15.8. The molecule has 2 rings (SSSR count). The lowest BCUT2D eigenvalue weighted by atomic mass is 10.2. The maximum atomic E-state index is 13.8. The summed E-state index contributed by atoms with van der Waals surface area (Å²) in [7, 11) is 0. The van der Waals surface area contributed by atoms with Crippen molar-refractivity contribution in [2.75, 3.05) is 11.9 Å². The number of aliphatic hydroxyl groups is 1. The summed E-state index contributed by atoms with van der Waals surface area (Å²) < 4.78 is 13.8. The maximum absolute atomic E-state index is 13.8. The maximum Gasteiger partial charge on any atom is 0.230 e. The van der Waals surface area contributed by atoms with Crippen molar-refractivity contribution in [1.29, 1.82) is 0 Å². The number of benzene rings is 1. The number of pyridine rings is 1. The van der Waals surface area contributed by atoms with Crippen LogP contribution in [0.5, 0.6) is 0 Å². The highest BCUT2D eigenvalue weighted by Gasteiger charge is 2.08. The van der Waals surface area contributed by atoms with Crippen LogP contribution in [0.1, 0.15) is 11.3 Å². The molecule has 0 atom stereocenters. The first-order valence-corrected chi connectivity index (χ1v) is 6.28. The molecule has 1 aromatic heterocycles. The third-order valence-corrected chi connectivity index (χ3v) is 2.62. The summed E-state index contributed by atoms with van der Waals surface area (Å²) in [6.45, 7) is -0.288. The first-order chi connectivity index (χ1) is 10.2. The second kappa shape index (κ2) is 7.17. The van der Waals surface area contributed by atoms with Crippen LogP contribution in [0.2, 0.25) is 0 Å². The van der Waals surface area contributed by atoms with E-state index in [1.807, 2.05) is 0 Å². The summed E-state index contributed by atoms with van der Waals surface area (Å²) in [6.07, 6.45) is 1.67. The Morgan fingerprint density at radius 3 is 2.86 bits per heavy atom. The molecular weight excluding hydrogens is 271 g/mol. The van der Waals surface area contributed by atoms with Gasteiger partial charge in [-0.1, -0.05) is 17.9 Å². The minimum atomic E-state index is -0.575. The van der Waals surface area contributed by atoms with Gasteiger partial charge in [-0.25, -0.2) is 4.39 Å². The van der Waals surface area contributed by atoms with Crippen LogP contribution in [-0.4, -0.2) is 22.6 Å². The lowest BCUT2D eigenvalue weighted by molar-refractivity contribution is -0.115. The predicted molar refractivity (Wildman–Crippen MR) is 76.9 cm³/mol. The molecule has 0 spiro atoms. The van der Waals surface area contributed by atoms with E-state index in [0.29, 0.717) is 11.3 Å². The van der Waals surface area contributed by atoms with Crippen LogP contribution in [0.25, 0.3) is 0 Å². The number of hydrogen-bond donors (Lipinski definition) is 2. The molecule has 4 nitrogen and oxygen atoms in total. The molecule has 106 valence electrons. The normalized spacial score (nSPS) is 9.62. The third-order valence-electron chi connectivity index (χ3n) is 2.62. The average molecular weight is 284 g/mol. The molecule has 0 radical (unpaired) electrons. The largest absolute Gasteiger partial charge is 0.384 e. The summed E-state index contributed by atoms with van der Waals surface area (Å²) in [5.41, 5.74) is 1.13. The van der Waals surface area contributed by atoms with Crippen molar-refractivity contribution in [3.63, 3.8) is 0 Å². The molecule has 0 aliphatic rings. The number of rotatable bonds is 3. The molecule has 0 saturated carbocycles. The lowest BCUT2D eigenvalue weighted by Gasteiger charge is -2.06. The van der Waals surface area contributed by atoms with E-state index in [4.69, 9.17) is 5.11 Å². The van der Waals surface area contributed by atoms with Gasteiger partial charge < -0.3 is 10.4 Å². The van der Waals surface area contributed by atoms with Crippen molar-refractivity contribution < 1.29 is 14.3 Å². The Bertz CT molecular complexity index is 690. The zero-order valence-corrected chi connectivity index (χ0v) is 11.1. The van der Waals surface area contributed by atoms with Crippen LogP contribution in [0, 0.1) is 17.7 Å². The lowest BCUT2D eigenvalue weighted by Crippen LogP contribution is -2.16. The van der Waals surface area contributed by atoms with Crippen molar-refractivity contribution in [1.82, 2.24) is 4.98 Å². The quantitative estimate of drug-likeness (QED) is 0.844. The highest BCUT2D eigenvalue weighted by Crippen LogP contribution is 2.15. The fourth-order valence-electron chi connectivity index (χ4n) is 1.70. The highest BCUT2D eigenvalue weighted by atomic mass is 19.1. The van der Waals surface area contributed by atoms with Gasteiger partial charge in [-0.15, -0.1) is 0 Å². The van der Waals surface area contributed by atoms with Gasteiger partial charge in [0.15, 0.2) is 0 Å². The molecule has 0 unspecified atom stereocenters. The standard InChI is InChI=1S/C16H13FN2O2/c17-14-10-12(4-3-9-20)6-7-15(14)19-16(21)11-13-5-1-2-8-18-13/h1-2,5-8,10,20H,9,11H2,(H,19,21). The van der Waals surface area contributed by atoms with Gasteiger partial charge in [0.2, 0.25) is 5.91 Å². The highest BCUT2D eigenvalue weighted by molar-refractivity contribution is 5.92. The number of aliphatic hydroxyl groups excluding tert-OH is 1. The van der Waals surface area contributed by atoms with Crippen LogP contribution in [0.15, 0.2) is 42.6 Å². The number of aromatic nitrogens is 1. The molecule has 1 heterocycles. The molecule has 0 saturated heterocycles. The first-order valence-electron chi connectivity index (χ1n) is 6.28. The van der Waals surface area contributed by atoms with Gasteiger partial charge in [0.05, 0.1) is 12.1 Å². The molecule has 2 N–H and O–H groups in total. The SMILES string of the molecule is O=C(Cc1ccccn1)Nc1ccc(C#CCO)cc1F. The number of carbonyl (C=O) groups excluding carboxylic acids is 1. The predicted octanol–water partition coefficient (Wildman–Crippen LogP) is 1.75. The van der Waals surface area contributed by atoms with Crippen molar-refractivity contribution >= 4 is 11.6 Å². The Morgan fingerprint density at radius 2 is 2.19 bits per heavy atom. The zero-order chi connectivity index (χ0) is 15.1. The van der Waals surface area contributed by atoms with E-state index in [1.165, 1.54) is 12.1 Å². The Kier molecular flexibility index (Phi) is 5.02. The van der Waals surface area contributed by atoms with Gasteiger partial charge in [0, 0.05) is 17.5 Å². The Balaban J connectivity index is 2.04. The third kappa shape index (κ3) is 4.41. The molecule has 1 amide bonds. The number of amides is 1. The van der Waals surface area contributed by atoms with E-state index in [9.17, 15) is 9.18 Å². The number of carbonyl (C=O) groups is 1. The molecule has 21 heavy (non-hydrogen) atoms. The van der Waals surface area contributed by atoms with Crippen LogP contribution in [-0.2, 0) is 11.2 Å². The van der Waals surface area contributed by atoms with Crippen molar-refractivity contribution in [3.8, 4) is 11.8 Å². The van der Waals surface area contributed by atoms with Crippen LogP contribution in [0.3, 0.4) is 0 Å². The summed E-state index contributed by atoms with van der Waals surface area (Å²) in [5.74, 6) is 4.10. The second-order valence-corrected chi connectivity index (χ2v) is 4.20. The summed E-state index contributed by atoms with van der Waals surface area (Å²) in [5, 5.41) is 11.1. The van der Waals surface area contributed by atoms with Crippen molar-refractivity contribution in [3.05, 3.63) is 59.7 Å². The molecule has 0 bridgehead atoms. The fourth-order valence-corrected chi connectivity index (χ4v) is 1.70. The van der Waals surface area contributed by atoms with Crippen molar-refractivity contribution in [2.45, 2.75) is 6.42 Å². The minimum Gasteiger partial charge on any atom is -0.384 e. The van der Waals surface area contributed by atoms with E-state index in [0.717, 1.165) is 0 Å². The fraction of sp³-hybridized carbons (Fsp3) is 0.125. The van der Waals surface area contributed by atoms with Gasteiger partial charge >= 0.3 is 0 Å². The number of nitrogens with zero attached hydrogens (tertiary/aromatic N) is 1. The molecule has 2 aromatic rings. The Hall–Kier alpha value is -2.71. The van der Waals surface area contributed by atoms with Crippen LogP contribution < -0.4 is 5.32 Å². The van der Waals surface area contributed by atoms with Gasteiger partial charge in [-0.05, 0) is 30.3 Å². The van der Waals surface area contributed by atoms with E-state index in [-0.39, 0.29) is 24.6 Å². The Labute approximate surface area is 121 Å². The van der Waals surface area contributed by atoms with Gasteiger partial charge in [-0.3, -0.25) is 9.78 Å². The monoisotopic (exact) mass is 284 g/mol. The minimum absolute atomic E-state index is 0.0757. The molecule has 5 heteroatoms. The molecule has 1 aromatic carbocycles. The van der Waals surface area contributed by atoms with E-state index in [1.54, 1.807) is 30.5 Å². The van der Waals surface area contributed by atoms with E-state index >= 15 is 0 Å². The zero-order valence-electron chi connectivity index (χ0n) is 11.1. The number of anilines is 1. The van der Waals surface area contributed by atoms with E-state index in [2.05, 4.69) is 22.1 Å². The van der Waals surface area contributed by atoms with Gasteiger partial charge in [-0.2, -0.15) is 0 Å². The van der Waals surface area contributed by atoms with Gasteiger partial charge in [0.25, 0.3) is 0 Å². The molecule has 0 fully saturated rings. The number of nitrogens with one attached hydrogen (secondary N) is 1. The van der Waals surface area contributed by atoms with Crippen LogP contribution in [0.4, 0.5) is 10.1 Å². The first kappa shape index (κ1) is 14.7. The number of halogens is 1. The van der Waals surface area contributed by atoms with Crippen LogP contribution >= 0.6 is 0 Å². The Morgan fingerprint density at radius 1 is 1.33 bits per heavy atom. The topological polar surface area (TPSA) is 62.2 Å². The summed E-state index contributed by atoms with van der Waals surface area (Å²) >= 11 is 0. The average Bonchev–Trinajstić information content (AvgIpc) is 2.48. The van der Waals surface area contributed by atoms with E-state index < -0.39 is 5.82 Å². The second-order valence-electron chi connectivity index (χ2n) is 4.20. The molecular formula is C16H13FN2O2. The van der Waals surface area contributed by atoms with Gasteiger partial charge in [0.1, 0.15) is 12.4 Å². The summed E-state index contributed by atoms with van der Waals surface area (Å²) in [6, 6.07) is 9.48. The number of hydrogen-bond acceptors (Lipinski definition) is 3. The smallest absolute Gasteiger partial charge is 0.230 e.